The van der Waals surface area contributed by atoms with E-state index < -0.39 is 8.07 Å². The molecule has 0 aliphatic rings. The molecule has 0 fully saturated rings. The van der Waals surface area contributed by atoms with Crippen LogP contribution in [0.2, 0.25) is 19.6 Å². The maximum atomic E-state index is 12.6. The van der Waals surface area contributed by atoms with Gasteiger partial charge in [-0.05, 0) is 45.8 Å². The molecule has 0 bridgehead atoms. The predicted octanol–water partition coefficient (Wildman–Crippen LogP) is 5.25. The molecule has 1 rings (SSSR count). The van der Waals surface area contributed by atoms with Crippen LogP contribution < -0.4 is 0 Å². The van der Waals surface area contributed by atoms with E-state index in [9.17, 15) is 4.79 Å². The summed E-state index contributed by atoms with van der Waals surface area (Å²) < 4.78 is 5.83. The maximum Gasteiger partial charge on any atom is 0.414 e. The van der Waals surface area contributed by atoms with Crippen molar-refractivity contribution < 1.29 is 9.53 Å². The summed E-state index contributed by atoms with van der Waals surface area (Å²) in [6.45, 7) is 14.7. The summed E-state index contributed by atoms with van der Waals surface area (Å²) >= 11 is 0. The van der Waals surface area contributed by atoms with E-state index in [4.69, 9.17) is 4.74 Å². The Hall–Kier alpha value is -1.55. The van der Waals surface area contributed by atoms with Crippen molar-refractivity contribution in [1.82, 2.24) is 4.90 Å². The highest BCUT2D eigenvalue weighted by molar-refractivity contribution is 6.82. The second-order valence-corrected chi connectivity index (χ2v) is 12.5. The number of ether oxygens (including phenoxy) is 1. The molecule has 0 aromatic heterocycles. The first-order chi connectivity index (χ1) is 10.6. The number of nitrogens with zero attached hydrogens (tertiary/aromatic N) is 1. The smallest absolute Gasteiger partial charge is 0.414 e. The van der Waals surface area contributed by atoms with Crippen molar-refractivity contribution >= 4 is 14.2 Å². The van der Waals surface area contributed by atoms with Crippen LogP contribution >= 0.6 is 0 Å². The van der Waals surface area contributed by atoms with Crippen LogP contribution in [-0.4, -0.2) is 31.2 Å². The lowest BCUT2D eigenvalue weighted by Gasteiger charge is -2.31. The second-order valence-electron chi connectivity index (χ2n) is 7.47. The number of carbonyl (C=O) groups is 1. The Balaban J connectivity index is 2.93. The van der Waals surface area contributed by atoms with Gasteiger partial charge in [-0.3, -0.25) is 0 Å². The van der Waals surface area contributed by atoms with Gasteiger partial charge in [-0.15, -0.1) is 0 Å². The van der Waals surface area contributed by atoms with E-state index in [1.54, 1.807) is 4.90 Å². The number of rotatable bonds is 6. The maximum absolute atomic E-state index is 12.6. The van der Waals surface area contributed by atoms with E-state index in [-0.39, 0.29) is 18.2 Å². The molecule has 0 aliphatic carbocycles. The number of benzene rings is 1. The molecule has 0 aliphatic heterocycles. The van der Waals surface area contributed by atoms with Gasteiger partial charge in [-0.1, -0.05) is 50.0 Å². The van der Waals surface area contributed by atoms with E-state index in [1.165, 1.54) is 5.56 Å². The molecule has 0 atom stereocenters. The Morgan fingerprint density at radius 3 is 2.04 bits per heavy atom. The molecule has 4 heteroatoms. The molecule has 128 valence electrons. The molecule has 0 unspecified atom stereocenters. The SMILES string of the molecule is CC(C)N(C(=O)O/C(=C\Cc1ccccc1)[Si](C)(C)C)C(C)C. The molecule has 23 heavy (non-hydrogen) atoms. The first-order valence-corrected chi connectivity index (χ1v) is 11.9. The van der Waals surface area contributed by atoms with Gasteiger partial charge in [0.1, 0.15) is 8.07 Å². The number of amides is 1. The summed E-state index contributed by atoms with van der Waals surface area (Å²) in [5, 5.41) is 0.859. The van der Waals surface area contributed by atoms with Crippen LogP contribution in [0.25, 0.3) is 0 Å². The summed E-state index contributed by atoms with van der Waals surface area (Å²) in [7, 11) is -1.73. The zero-order chi connectivity index (χ0) is 17.6. The summed E-state index contributed by atoms with van der Waals surface area (Å²) in [5.41, 5.74) is 1.23. The standard InChI is InChI=1S/C19H31NO2Si/c1-15(2)20(16(3)4)19(21)22-18(23(5,6)7)14-13-17-11-9-8-10-12-17/h8-12,14-16H,13H2,1-7H3/b18-14+. The zero-order valence-corrected chi connectivity index (χ0v) is 16.6. The Labute approximate surface area is 142 Å². The van der Waals surface area contributed by atoms with Gasteiger partial charge in [-0.25, -0.2) is 4.79 Å². The summed E-state index contributed by atoms with van der Waals surface area (Å²) in [4.78, 5) is 14.4. The fourth-order valence-corrected chi connectivity index (χ4v) is 3.60. The van der Waals surface area contributed by atoms with E-state index in [0.29, 0.717) is 0 Å². The Morgan fingerprint density at radius 2 is 1.61 bits per heavy atom. The Kier molecular flexibility index (Phi) is 7.07. The van der Waals surface area contributed by atoms with Crippen molar-refractivity contribution in [1.29, 1.82) is 0 Å². The quantitative estimate of drug-likeness (QED) is 0.526. The average molecular weight is 334 g/mol. The topological polar surface area (TPSA) is 29.5 Å². The molecule has 0 heterocycles. The molecular formula is C19H31NO2Si. The first kappa shape index (κ1) is 19.5. The van der Waals surface area contributed by atoms with Crippen LogP contribution in [0.3, 0.4) is 0 Å². The molecule has 1 aromatic rings. The highest BCUT2D eigenvalue weighted by atomic mass is 28.3. The van der Waals surface area contributed by atoms with Gasteiger partial charge in [0.05, 0.1) is 5.38 Å². The number of carbonyl (C=O) groups excluding carboxylic acids is 1. The van der Waals surface area contributed by atoms with Gasteiger partial charge in [-0.2, -0.15) is 0 Å². The van der Waals surface area contributed by atoms with Crippen molar-refractivity contribution in [3.05, 3.63) is 47.4 Å². The molecular weight excluding hydrogens is 302 g/mol. The number of allylic oxidation sites excluding steroid dienone is 1. The Morgan fingerprint density at radius 1 is 1.09 bits per heavy atom. The zero-order valence-electron chi connectivity index (χ0n) is 15.6. The third-order valence-corrected chi connectivity index (χ3v) is 5.41. The van der Waals surface area contributed by atoms with Crippen molar-refractivity contribution in [2.45, 2.75) is 65.8 Å². The fraction of sp³-hybridized carbons (Fsp3) is 0.526. The van der Waals surface area contributed by atoms with Crippen molar-refractivity contribution in [2.24, 2.45) is 0 Å². The van der Waals surface area contributed by atoms with E-state index in [0.717, 1.165) is 11.8 Å². The van der Waals surface area contributed by atoms with E-state index in [2.05, 4.69) is 37.8 Å². The average Bonchev–Trinajstić information content (AvgIpc) is 2.42. The van der Waals surface area contributed by atoms with Gasteiger partial charge >= 0.3 is 6.09 Å². The molecule has 0 N–H and O–H groups in total. The highest BCUT2D eigenvalue weighted by Gasteiger charge is 2.28. The number of hydrogen-bond donors (Lipinski definition) is 0. The lowest BCUT2D eigenvalue weighted by molar-refractivity contribution is 0.105. The third kappa shape index (κ3) is 6.22. The molecule has 0 spiro atoms. The van der Waals surface area contributed by atoms with E-state index in [1.807, 2.05) is 45.9 Å². The van der Waals surface area contributed by atoms with Gasteiger partial charge in [0, 0.05) is 12.1 Å². The minimum Gasteiger partial charge on any atom is -0.420 e. The lowest BCUT2D eigenvalue weighted by Crippen LogP contribution is -2.43. The monoisotopic (exact) mass is 333 g/mol. The van der Waals surface area contributed by atoms with Crippen molar-refractivity contribution in [3.63, 3.8) is 0 Å². The number of hydrogen-bond acceptors (Lipinski definition) is 2. The van der Waals surface area contributed by atoms with Crippen LogP contribution in [-0.2, 0) is 11.2 Å². The normalized spacial score (nSPS) is 12.7. The summed E-state index contributed by atoms with van der Waals surface area (Å²) in [5.74, 6) is 0. The van der Waals surface area contributed by atoms with Crippen molar-refractivity contribution in [2.75, 3.05) is 0 Å². The molecule has 1 aromatic carbocycles. The first-order valence-electron chi connectivity index (χ1n) is 8.37. The van der Waals surface area contributed by atoms with Crippen LogP contribution in [0.5, 0.6) is 0 Å². The largest absolute Gasteiger partial charge is 0.420 e. The summed E-state index contributed by atoms with van der Waals surface area (Å²) in [6, 6.07) is 10.5. The third-order valence-electron chi connectivity index (χ3n) is 3.63. The predicted molar refractivity (Wildman–Crippen MR) is 100 cm³/mol. The minimum absolute atomic E-state index is 0.125. The van der Waals surface area contributed by atoms with Crippen LogP contribution in [0.4, 0.5) is 4.79 Å². The van der Waals surface area contributed by atoms with Gasteiger partial charge in [0.25, 0.3) is 0 Å². The van der Waals surface area contributed by atoms with Crippen LogP contribution in [0, 0.1) is 0 Å². The Bertz CT molecular complexity index is 522. The fourth-order valence-electron chi connectivity index (χ4n) is 2.49. The molecule has 0 radical (unpaired) electrons. The minimum atomic E-state index is -1.73. The van der Waals surface area contributed by atoms with Crippen LogP contribution in [0.1, 0.15) is 33.3 Å². The van der Waals surface area contributed by atoms with Crippen molar-refractivity contribution in [3.8, 4) is 0 Å². The van der Waals surface area contributed by atoms with E-state index >= 15 is 0 Å². The summed E-state index contributed by atoms with van der Waals surface area (Å²) in [6.07, 6.45) is 2.63. The second kappa shape index (κ2) is 8.34. The lowest BCUT2D eigenvalue weighted by atomic mass is 10.1. The van der Waals surface area contributed by atoms with Gasteiger partial charge in [0.15, 0.2) is 0 Å². The van der Waals surface area contributed by atoms with Gasteiger partial charge in [0.2, 0.25) is 0 Å². The molecule has 3 nitrogen and oxygen atoms in total. The molecule has 0 saturated heterocycles. The van der Waals surface area contributed by atoms with Gasteiger partial charge < -0.3 is 9.64 Å². The highest BCUT2D eigenvalue weighted by Crippen LogP contribution is 2.20. The molecule has 0 saturated carbocycles. The van der Waals surface area contributed by atoms with Crippen LogP contribution in [0.15, 0.2) is 41.8 Å². The molecule has 1 amide bonds.